The Bertz CT molecular complexity index is 1110. The number of amides is 1. The third-order valence-corrected chi connectivity index (χ3v) is 7.27. The highest BCUT2D eigenvalue weighted by Gasteiger charge is 2.26. The molecule has 0 fully saturated rings. The smallest absolute Gasteiger partial charge is 0.243 e. The van der Waals surface area contributed by atoms with E-state index in [2.05, 4.69) is 21.2 Å². The second kappa shape index (κ2) is 10.7. The van der Waals surface area contributed by atoms with Gasteiger partial charge in [0.2, 0.25) is 15.9 Å². The van der Waals surface area contributed by atoms with Gasteiger partial charge in [-0.1, -0.05) is 76.6 Å². The van der Waals surface area contributed by atoms with Crippen molar-refractivity contribution in [3.05, 3.63) is 101 Å². The highest BCUT2D eigenvalue weighted by molar-refractivity contribution is 9.10. The molecule has 3 rings (SSSR count). The summed E-state index contributed by atoms with van der Waals surface area (Å²) in [6.07, 6.45) is 0.515. The van der Waals surface area contributed by atoms with E-state index in [1.54, 1.807) is 30.3 Å². The van der Waals surface area contributed by atoms with Crippen LogP contribution in [0.4, 0.5) is 0 Å². The Morgan fingerprint density at radius 2 is 1.61 bits per heavy atom. The van der Waals surface area contributed by atoms with E-state index in [1.807, 2.05) is 61.5 Å². The van der Waals surface area contributed by atoms with Crippen molar-refractivity contribution in [1.82, 2.24) is 9.62 Å². The third-order valence-electron chi connectivity index (χ3n) is 4.92. The van der Waals surface area contributed by atoms with Crippen LogP contribution < -0.4 is 5.32 Å². The van der Waals surface area contributed by atoms with E-state index in [-0.39, 0.29) is 29.9 Å². The molecule has 162 valence electrons. The molecule has 3 aromatic rings. The number of halogens is 1. The zero-order valence-electron chi connectivity index (χ0n) is 17.2. The van der Waals surface area contributed by atoms with Gasteiger partial charge in [0, 0.05) is 11.0 Å². The first kappa shape index (κ1) is 23.2. The van der Waals surface area contributed by atoms with Crippen LogP contribution in [-0.2, 0) is 21.2 Å². The van der Waals surface area contributed by atoms with Crippen LogP contribution in [0, 0.1) is 0 Å². The second-order valence-corrected chi connectivity index (χ2v) is 10.1. The van der Waals surface area contributed by atoms with Gasteiger partial charge in [0.15, 0.2) is 0 Å². The number of hydrogen-bond donors (Lipinski definition) is 1. The summed E-state index contributed by atoms with van der Waals surface area (Å²) in [5.74, 6) is -0.347. The molecule has 1 atom stereocenters. The molecule has 3 aromatic carbocycles. The van der Waals surface area contributed by atoms with Crippen molar-refractivity contribution in [2.45, 2.75) is 24.3 Å². The lowest BCUT2D eigenvalue weighted by atomic mass is 10.1. The first-order valence-corrected chi connectivity index (χ1v) is 12.2. The summed E-state index contributed by atoms with van der Waals surface area (Å²) in [5, 5.41) is 2.91. The standard InChI is InChI=1S/C24H25BrN2O3S/c1-19(21-11-8-12-22(25)17-21)26-24(28)18-27(16-15-20-9-4-2-5-10-20)31(29,30)23-13-6-3-7-14-23/h2-14,17,19H,15-16,18H2,1H3,(H,26,28)/t19-/m0/s1. The fourth-order valence-electron chi connectivity index (χ4n) is 3.23. The Morgan fingerprint density at radius 1 is 0.968 bits per heavy atom. The number of sulfonamides is 1. The fraction of sp³-hybridized carbons (Fsp3) is 0.208. The molecule has 0 aliphatic heterocycles. The zero-order chi connectivity index (χ0) is 22.3. The maximum atomic E-state index is 13.2. The molecule has 31 heavy (non-hydrogen) atoms. The predicted molar refractivity (Wildman–Crippen MR) is 126 cm³/mol. The van der Waals surface area contributed by atoms with Gasteiger partial charge in [0.25, 0.3) is 0 Å². The molecule has 5 nitrogen and oxygen atoms in total. The van der Waals surface area contributed by atoms with Crippen molar-refractivity contribution in [3.8, 4) is 0 Å². The van der Waals surface area contributed by atoms with Gasteiger partial charge in [-0.15, -0.1) is 0 Å². The number of hydrogen-bond acceptors (Lipinski definition) is 3. The van der Waals surface area contributed by atoms with Gasteiger partial charge in [-0.05, 0) is 48.7 Å². The molecule has 7 heteroatoms. The molecule has 0 aromatic heterocycles. The lowest BCUT2D eigenvalue weighted by Gasteiger charge is -2.23. The molecule has 0 saturated carbocycles. The van der Waals surface area contributed by atoms with E-state index in [9.17, 15) is 13.2 Å². The van der Waals surface area contributed by atoms with Crippen LogP contribution >= 0.6 is 15.9 Å². The fourth-order valence-corrected chi connectivity index (χ4v) is 5.07. The number of carbonyl (C=O) groups is 1. The summed E-state index contributed by atoms with van der Waals surface area (Å²) < 4.78 is 28.6. The number of benzene rings is 3. The minimum atomic E-state index is -3.81. The van der Waals surface area contributed by atoms with Crippen LogP contribution in [0.3, 0.4) is 0 Å². The van der Waals surface area contributed by atoms with E-state index >= 15 is 0 Å². The van der Waals surface area contributed by atoms with Crippen molar-refractivity contribution < 1.29 is 13.2 Å². The van der Waals surface area contributed by atoms with E-state index in [4.69, 9.17) is 0 Å². The molecule has 0 saturated heterocycles. The molecule has 0 heterocycles. The van der Waals surface area contributed by atoms with E-state index in [0.717, 1.165) is 15.6 Å². The van der Waals surface area contributed by atoms with Gasteiger partial charge in [-0.2, -0.15) is 4.31 Å². The maximum Gasteiger partial charge on any atom is 0.243 e. The summed E-state index contributed by atoms with van der Waals surface area (Å²) in [4.78, 5) is 13.0. The Balaban J connectivity index is 1.76. The largest absolute Gasteiger partial charge is 0.348 e. The van der Waals surface area contributed by atoms with Crippen molar-refractivity contribution in [1.29, 1.82) is 0 Å². The topological polar surface area (TPSA) is 66.5 Å². The Hall–Kier alpha value is -2.48. The van der Waals surface area contributed by atoms with Crippen LogP contribution in [0.5, 0.6) is 0 Å². The van der Waals surface area contributed by atoms with Crippen LogP contribution in [-0.4, -0.2) is 31.7 Å². The van der Waals surface area contributed by atoms with E-state index < -0.39 is 10.0 Å². The maximum absolute atomic E-state index is 13.2. The van der Waals surface area contributed by atoms with Crippen LogP contribution in [0.1, 0.15) is 24.1 Å². The van der Waals surface area contributed by atoms with Gasteiger partial charge in [0.1, 0.15) is 0 Å². The van der Waals surface area contributed by atoms with Gasteiger partial charge in [0.05, 0.1) is 17.5 Å². The molecule has 0 radical (unpaired) electrons. The molecule has 1 amide bonds. The van der Waals surface area contributed by atoms with E-state index in [0.29, 0.717) is 6.42 Å². The Kier molecular flexibility index (Phi) is 8.01. The normalized spacial score (nSPS) is 12.5. The number of nitrogens with zero attached hydrogens (tertiary/aromatic N) is 1. The summed E-state index contributed by atoms with van der Waals surface area (Å²) in [5.41, 5.74) is 1.95. The molecular weight excluding hydrogens is 476 g/mol. The summed E-state index contributed by atoms with van der Waals surface area (Å²) in [6.45, 7) is 1.84. The van der Waals surface area contributed by atoms with Gasteiger partial charge in [-0.3, -0.25) is 4.79 Å². The summed E-state index contributed by atoms with van der Waals surface area (Å²) >= 11 is 3.43. The molecule has 0 bridgehead atoms. The molecule has 0 aliphatic carbocycles. The predicted octanol–water partition coefficient (Wildman–Crippen LogP) is 4.56. The quantitative estimate of drug-likeness (QED) is 0.468. The first-order chi connectivity index (χ1) is 14.9. The molecular formula is C24H25BrN2O3S. The van der Waals surface area contributed by atoms with Crippen LogP contribution in [0.15, 0.2) is 94.3 Å². The number of nitrogens with one attached hydrogen (secondary N) is 1. The van der Waals surface area contributed by atoms with Crippen molar-refractivity contribution in [2.24, 2.45) is 0 Å². The molecule has 0 unspecified atom stereocenters. The monoisotopic (exact) mass is 500 g/mol. The lowest BCUT2D eigenvalue weighted by molar-refractivity contribution is -0.121. The first-order valence-electron chi connectivity index (χ1n) is 10.0. The van der Waals surface area contributed by atoms with Gasteiger partial charge < -0.3 is 5.32 Å². The average molecular weight is 501 g/mol. The third kappa shape index (κ3) is 6.50. The van der Waals surface area contributed by atoms with Crippen LogP contribution in [0.2, 0.25) is 0 Å². The summed E-state index contributed by atoms with van der Waals surface area (Å²) in [6, 6.07) is 25.3. The Morgan fingerprint density at radius 3 is 2.26 bits per heavy atom. The average Bonchev–Trinajstić information content (AvgIpc) is 2.77. The SMILES string of the molecule is C[C@H](NC(=O)CN(CCc1ccccc1)S(=O)(=O)c1ccccc1)c1cccc(Br)c1. The van der Waals surface area contributed by atoms with Crippen molar-refractivity contribution in [2.75, 3.05) is 13.1 Å². The molecule has 0 spiro atoms. The number of carbonyl (C=O) groups excluding carboxylic acids is 1. The van der Waals surface area contributed by atoms with Gasteiger partial charge in [-0.25, -0.2) is 8.42 Å². The molecule has 1 N–H and O–H groups in total. The second-order valence-electron chi connectivity index (χ2n) is 7.23. The highest BCUT2D eigenvalue weighted by atomic mass is 79.9. The van der Waals surface area contributed by atoms with E-state index in [1.165, 1.54) is 4.31 Å². The molecule has 0 aliphatic rings. The van der Waals surface area contributed by atoms with Crippen molar-refractivity contribution >= 4 is 31.9 Å². The summed E-state index contributed by atoms with van der Waals surface area (Å²) in [7, 11) is -3.81. The van der Waals surface area contributed by atoms with Gasteiger partial charge >= 0.3 is 0 Å². The lowest BCUT2D eigenvalue weighted by Crippen LogP contribution is -2.42. The number of rotatable bonds is 9. The van der Waals surface area contributed by atoms with Crippen LogP contribution in [0.25, 0.3) is 0 Å². The minimum Gasteiger partial charge on any atom is -0.348 e. The van der Waals surface area contributed by atoms with Crippen molar-refractivity contribution in [3.63, 3.8) is 0 Å². The minimum absolute atomic E-state index is 0.177. The highest BCUT2D eigenvalue weighted by Crippen LogP contribution is 2.19. The zero-order valence-corrected chi connectivity index (χ0v) is 19.6. The Labute approximate surface area is 192 Å².